The van der Waals surface area contributed by atoms with Gasteiger partial charge in [-0.15, -0.1) is 0 Å². The van der Waals surface area contributed by atoms with E-state index < -0.39 is 5.97 Å². The molecule has 0 atom stereocenters. The normalized spacial score (nSPS) is 14.5. The maximum atomic E-state index is 12.4. The Labute approximate surface area is 190 Å². The molecule has 0 amide bonds. The molecule has 0 aromatic heterocycles. The SMILES string of the molecule is O=C1OC(c2ccc3ccccc3c2)=N/C1=C\c1cccc(OCc2ccccc2Cl)c1. The number of halogens is 1. The van der Waals surface area contributed by atoms with Crippen molar-refractivity contribution in [2.24, 2.45) is 4.99 Å². The Kier molecular flexibility index (Phi) is 5.44. The lowest BCUT2D eigenvalue weighted by molar-refractivity contribution is -0.129. The molecule has 1 aliphatic rings. The molecule has 4 nitrogen and oxygen atoms in total. The van der Waals surface area contributed by atoms with Crippen molar-refractivity contribution in [1.29, 1.82) is 0 Å². The highest BCUT2D eigenvalue weighted by molar-refractivity contribution is 6.31. The fourth-order valence-corrected chi connectivity index (χ4v) is 3.67. The van der Waals surface area contributed by atoms with Crippen molar-refractivity contribution in [3.8, 4) is 5.75 Å². The van der Waals surface area contributed by atoms with Gasteiger partial charge in [-0.3, -0.25) is 0 Å². The van der Waals surface area contributed by atoms with Gasteiger partial charge < -0.3 is 9.47 Å². The van der Waals surface area contributed by atoms with Crippen LogP contribution >= 0.6 is 11.6 Å². The molecule has 0 unspecified atom stereocenters. The minimum absolute atomic E-state index is 0.247. The summed E-state index contributed by atoms with van der Waals surface area (Å²) in [5.74, 6) is 0.498. The summed E-state index contributed by atoms with van der Waals surface area (Å²) in [5.41, 5.74) is 2.70. The van der Waals surface area contributed by atoms with Crippen molar-refractivity contribution in [1.82, 2.24) is 0 Å². The molecular formula is C27H18ClNO3. The van der Waals surface area contributed by atoms with Gasteiger partial charge in [0.1, 0.15) is 12.4 Å². The van der Waals surface area contributed by atoms with Gasteiger partial charge in [0.05, 0.1) is 0 Å². The van der Waals surface area contributed by atoms with E-state index in [1.807, 2.05) is 91.0 Å². The van der Waals surface area contributed by atoms with Crippen LogP contribution in [0.15, 0.2) is 102 Å². The van der Waals surface area contributed by atoms with Crippen molar-refractivity contribution in [3.63, 3.8) is 0 Å². The maximum Gasteiger partial charge on any atom is 0.363 e. The van der Waals surface area contributed by atoms with Crippen LogP contribution in [0, 0.1) is 0 Å². The third kappa shape index (κ3) is 4.27. The van der Waals surface area contributed by atoms with Crippen LogP contribution in [-0.4, -0.2) is 11.9 Å². The molecule has 0 fully saturated rings. The molecule has 0 saturated heterocycles. The number of carbonyl (C=O) groups excluding carboxylic acids is 1. The molecule has 5 heteroatoms. The largest absolute Gasteiger partial charge is 0.489 e. The second kappa shape index (κ2) is 8.69. The van der Waals surface area contributed by atoms with Gasteiger partial charge in [0.2, 0.25) is 5.90 Å². The van der Waals surface area contributed by atoms with Crippen molar-refractivity contribution in [2.45, 2.75) is 6.61 Å². The van der Waals surface area contributed by atoms with Crippen LogP contribution in [0.25, 0.3) is 16.8 Å². The van der Waals surface area contributed by atoms with Gasteiger partial charge in [-0.2, -0.15) is 0 Å². The molecule has 0 spiro atoms. The third-order valence-electron chi connectivity index (χ3n) is 5.13. The number of benzene rings is 4. The smallest absolute Gasteiger partial charge is 0.363 e. The molecule has 0 radical (unpaired) electrons. The number of hydrogen-bond donors (Lipinski definition) is 0. The summed E-state index contributed by atoms with van der Waals surface area (Å²) in [6, 6.07) is 28.9. The van der Waals surface area contributed by atoms with Crippen LogP contribution in [0.4, 0.5) is 0 Å². The molecule has 4 aromatic carbocycles. The van der Waals surface area contributed by atoms with E-state index >= 15 is 0 Å². The molecule has 5 rings (SSSR count). The predicted octanol–water partition coefficient (Wildman–Crippen LogP) is 6.42. The monoisotopic (exact) mass is 439 g/mol. The molecular weight excluding hydrogens is 422 g/mol. The van der Waals surface area contributed by atoms with Gasteiger partial charge in [-0.05, 0) is 52.7 Å². The second-order valence-corrected chi connectivity index (χ2v) is 7.76. The molecule has 1 heterocycles. The minimum atomic E-state index is -0.476. The van der Waals surface area contributed by atoms with Crippen LogP contribution in [0.2, 0.25) is 5.02 Å². The first-order chi connectivity index (χ1) is 15.7. The topological polar surface area (TPSA) is 47.9 Å². The number of carbonyl (C=O) groups is 1. The average molecular weight is 440 g/mol. The van der Waals surface area contributed by atoms with Crippen LogP contribution in [0.1, 0.15) is 16.7 Å². The van der Waals surface area contributed by atoms with Crippen LogP contribution < -0.4 is 4.74 Å². The van der Waals surface area contributed by atoms with E-state index in [1.165, 1.54) is 0 Å². The fraction of sp³-hybridized carbons (Fsp3) is 0.0370. The van der Waals surface area contributed by atoms with Crippen LogP contribution in [0.3, 0.4) is 0 Å². The first-order valence-electron chi connectivity index (χ1n) is 10.1. The summed E-state index contributed by atoms with van der Waals surface area (Å²) in [6.07, 6.45) is 1.69. The Hall–Kier alpha value is -3.89. The van der Waals surface area contributed by atoms with Gasteiger partial charge >= 0.3 is 5.97 Å². The highest BCUT2D eigenvalue weighted by Gasteiger charge is 2.24. The number of nitrogens with zero attached hydrogens (tertiary/aromatic N) is 1. The Morgan fingerprint density at radius 3 is 2.56 bits per heavy atom. The van der Waals surface area contributed by atoms with E-state index in [4.69, 9.17) is 21.1 Å². The third-order valence-corrected chi connectivity index (χ3v) is 5.50. The number of aliphatic imine (C=N–C) groups is 1. The predicted molar refractivity (Wildman–Crippen MR) is 127 cm³/mol. The number of hydrogen-bond acceptors (Lipinski definition) is 4. The minimum Gasteiger partial charge on any atom is -0.489 e. The Morgan fingerprint density at radius 2 is 1.69 bits per heavy atom. The van der Waals surface area contributed by atoms with Gasteiger partial charge in [-0.25, -0.2) is 9.79 Å². The zero-order chi connectivity index (χ0) is 21.9. The molecule has 156 valence electrons. The quantitative estimate of drug-likeness (QED) is 0.266. The van der Waals surface area contributed by atoms with E-state index in [-0.39, 0.29) is 5.70 Å². The lowest BCUT2D eigenvalue weighted by atomic mass is 10.1. The zero-order valence-corrected chi connectivity index (χ0v) is 17.8. The molecule has 0 N–H and O–H groups in total. The number of esters is 1. The Balaban J connectivity index is 1.37. The van der Waals surface area contributed by atoms with E-state index in [2.05, 4.69) is 4.99 Å². The number of cyclic esters (lactones) is 1. The first-order valence-corrected chi connectivity index (χ1v) is 10.5. The lowest BCUT2D eigenvalue weighted by Gasteiger charge is -2.08. The van der Waals surface area contributed by atoms with Gasteiger partial charge in [0.15, 0.2) is 5.70 Å². The van der Waals surface area contributed by atoms with E-state index in [0.29, 0.717) is 23.3 Å². The Bertz CT molecular complexity index is 1390. The molecule has 1 aliphatic heterocycles. The lowest BCUT2D eigenvalue weighted by Crippen LogP contribution is -2.05. The summed E-state index contributed by atoms with van der Waals surface area (Å²) >= 11 is 6.19. The maximum absolute atomic E-state index is 12.4. The molecule has 0 saturated carbocycles. The van der Waals surface area contributed by atoms with Crippen molar-refractivity contribution in [3.05, 3.63) is 118 Å². The summed E-state index contributed by atoms with van der Waals surface area (Å²) in [4.78, 5) is 16.8. The van der Waals surface area contributed by atoms with Crippen molar-refractivity contribution in [2.75, 3.05) is 0 Å². The number of fused-ring (bicyclic) bond motifs is 1. The fourth-order valence-electron chi connectivity index (χ4n) is 3.48. The molecule has 4 aromatic rings. The second-order valence-electron chi connectivity index (χ2n) is 7.35. The van der Waals surface area contributed by atoms with Crippen LogP contribution in [-0.2, 0) is 16.1 Å². The molecule has 32 heavy (non-hydrogen) atoms. The van der Waals surface area contributed by atoms with Crippen LogP contribution in [0.5, 0.6) is 5.75 Å². The highest BCUT2D eigenvalue weighted by atomic mass is 35.5. The van der Waals surface area contributed by atoms with E-state index in [1.54, 1.807) is 6.08 Å². The molecule has 0 bridgehead atoms. The van der Waals surface area contributed by atoms with Crippen molar-refractivity contribution < 1.29 is 14.3 Å². The molecule has 0 aliphatic carbocycles. The summed E-state index contributed by atoms with van der Waals surface area (Å²) in [5, 5.41) is 2.84. The summed E-state index contributed by atoms with van der Waals surface area (Å²) < 4.78 is 11.3. The first kappa shape index (κ1) is 20.0. The highest BCUT2D eigenvalue weighted by Crippen LogP contribution is 2.24. The summed E-state index contributed by atoms with van der Waals surface area (Å²) in [6.45, 7) is 0.353. The van der Waals surface area contributed by atoms with E-state index in [0.717, 1.165) is 27.5 Å². The van der Waals surface area contributed by atoms with Crippen molar-refractivity contribution >= 4 is 40.3 Å². The zero-order valence-electron chi connectivity index (χ0n) is 17.0. The van der Waals surface area contributed by atoms with E-state index in [9.17, 15) is 4.79 Å². The van der Waals surface area contributed by atoms with Gasteiger partial charge in [0.25, 0.3) is 0 Å². The average Bonchev–Trinajstić information content (AvgIpc) is 3.18. The number of rotatable bonds is 5. The van der Waals surface area contributed by atoms with Gasteiger partial charge in [-0.1, -0.05) is 72.3 Å². The summed E-state index contributed by atoms with van der Waals surface area (Å²) in [7, 11) is 0. The number of ether oxygens (including phenoxy) is 2. The van der Waals surface area contributed by atoms with Gasteiger partial charge in [0, 0.05) is 16.1 Å². The standard InChI is InChI=1S/C27H18ClNO3/c28-24-11-4-3-9-22(24)17-31-23-10-5-6-18(14-23)15-25-27(30)32-26(29-25)21-13-12-19-7-1-2-8-20(19)16-21/h1-16H,17H2/b25-15-. The Morgan fingerprint density at radius 1 is 0.875 bits per heavy atom.